The van der Waals surface area contributed by atoms with Gasteiger partial charge in [-0.2, -0.15) is 15.2 Å². The van der Waals surface area contributed by atoms with Gasteiger partial charge in [-0.15, -0.1) is 0 Å². The number of nitriles is 1. The van der Waals surface area contributed by atoms with Gasteiger partial charge < -0.3 is 21.5 Å². The summed E-state index contributed by atoms with van der Waals surface area (Å²) in [7, 11) is 1.57. The van der Waals surface area contributed by atoms with Crippen LogP contribution in [-0.4, -0.2) is 33.2 Å². The normalized spacial score (nSPS) is 10.8. The van der Waals surface area contributed by atoms with E-state index in [4.69, 9.17) is 32.8 Å². The highest BCUT2D eigenvalue weighted by molar-refractivity contribution is 6.35. The van der Waals surface area contributed by atoms with E-state index in [2.05, 4.69) is 15.3 Å². The van der Waals surface area contributed by atoms with E-state index in [1.165, 1.54) is 4.57 Å². The minimum atomic E-state index is -0.301. The Kier molecular flexibility index (Phi) is 6.21. The van der Waals surface area contributed by atoms with Crippen molar-refractivity contribution in [2.45, 2.75) is 13.3 Å². The molecule has 2 aromatic heterocycles. The van der Waals surface area contributed by atoms with Crippen LogP contribution in [0.25, 0.3) is 16.6 Å². The summed E-state index contributed by atoms with van der Waals surface area (Å²) in [5.74, 6) is 1.26. The predicted octanol–water partition coefficient (Wildman–Crippen LogP) is 2.84. The van der Waals surface area contributed by atoms with E-state index in [0.717, 1.165) is 5.56 Å². The maximum atomic E-state index is 13.6. The Morgan fingerprint density at radius 2 is 2.00 bits per heavy atom. The first kappa shape index (κ1) is 22.8. The van der Waals surface area contributed by atoms with Gasteiger partial charge in [-0.25, -0.2) is 4.98 Å². The number of halogens is 1. The van der Waals surface area contributed by atoms with Gasteiger partial charge in [0.1, 0.15) is 29.0 Å². The van der Waals surface area contributed by atoms with Crippen molar-refractivity contribution in [3.8, 4) is 17.5 Å². The zero-order valence-electron chi connectivity index (χ0n) is 18.5. The molecule has 0 spiro atoms. The fourth-order valence-corrected chi connectivity index (χ4v) is 3.89. The Bertz CT molecular complexity index is 1510. The number of rotatable bonds is 6. The molecule has 0 unspecified atom stereocenters. The second-order valence-corrected chi connectivity index (χ2v) is 7.84. The molecule has 0 fully saturated rings. The zero-order chi connectivity index (χ0) is 24.4. The molecule has 11 heteroatoms. The van der Waals surface area contributed by atoms with E-state index in [1.54, 1.807) is 31.4 Å². The van der Waals surface area contributed by atoms with Crippen molar-refractivity contribution in [2.24, 2.45) is 0 Å². The third-order valence-corrected chi connectivity index (χ3v) is 5.59. The molecule has 0 radical (unpaired) electrons. The molecule has 5 N–H and O–H groups in total. The summed E-state index contributed by atoms with van der Waals surface area (Å²) < 4.78 is 6.95. The van der Waals surface area contributed by atoms with Crippen LogP contribution in [0.3, 0.4) is 0 Å². The molecule has 4 rings (SSSR count). The van der Waals surface area contributed by atoms with Crippen LogP contribution in [0.1, 0.15) is 17.0 Å². The van der Waals surface area contributed by atoms with Crippen LogP contribution in [0.15, 0.2) is 41.2 Å². The van der Waals surface area contributed by atoms with Gasteiger partial charge in [-0.1, -0.05) is 23.7 Å². The molecule has 172 valence electrons. The summed E-state index contributed by atoms with van der Waals surface area (Å²) in [5, 5.41) is 13.1. The lowest BCUT2D eigenvalue weighted by Crippen LogP contribution is -2.26. The first-order valence-electron chi connectivity index (χ1n) is 10.3. The molecule has 0 atom stereocenters. The maximum Gasteiger partial charge on any atom is 0.267 e. The number of nitrogens with zero attached hydrogens (tertiary/aromatic N) is 5. The lowest BCUT2D eigenvalue weighted by Gasteiger charge is -2.16. The number of nitrogens with one attached hydrogen (secondary N) is 1. The second kappa shape index (κ2) is 9.25. The number of nitrogens with two attached hydrogens (primary N) is 2. The third-order valence-electron chi connectivity index (χ3n) is 5.27. The van der Waals surface area contributed by atoms with Crippen LogP contribution in [0.4, 0.5) is 17.6 Å². The van der Waals surface area contributed by atoms with Crippen LogP contribution < -0.4 is 27.1 Å². The number of hydrogen-bond donors (Lipinski definition) is 3. The number of aryl methyl sites for hydroxylation is 1. The highest BCUT2D eigenvalue weighted by Crippen LogP contribution is 2.25. The van der Waals surface area contributed by atoms with Gasteiger partial charge in [0.05, 0.1) is 28.7 Å². The van der Waals surface area contributed by atoms with Gasteiger partial charge in [0, 0.05) is 19.0 Å². The molecule has 0 amide bonds. The molecule has 2 aromatic carbocycles. The van der Waals surface area contributed by atoms with Crippen molar-refractivity contribution in [3.05, 3.63) is 68.7 Å². The quantitative estimate of drug-likeness (QED) is 0.380. The second-order valence-electron chi connectivity index (χ2n) is 7.44. The van der Waals surface area contributed by atoms with E-state index < -0.39 is 0 Å². The highest BCUT2D eigenvalue weighted by Gasteiger charge is 2.17. The van der Waals surface area contributed by atoms with Gasteiger partial charge in [0.25, 0.3) is 5.56 Å². The van der Waals surface area contributed by atoms with Gasteiger partial charge in [0.2, 0.25) is 5.95 Å². The van der Waals surface area contributed by atoms with Crippen LogP contribution >= 0.6 is 11.6 Å². The fraction of sp³-hybridized carbons (Fsp3) is 0.174. The van der Waals surface area contributed by atoms with E-state index in [1.807, 2.05) is 25.1 Å². The molecule has 4 aromatic rings. The maximum absolute atomic E-state index is 13.6. The monoisotopic (exact) mass is 476 g/mol. The van der Waals surface area contributed by atoms with Gasteiger partial charge in [0.15, 0.2) is 5.82 Å². The summed E-state index contributed by atoms with van der Waals surface area (Å²) in [6.07, 6.45) is 0.308. The van der Waals surface area contributed by atoms with Gasteiger partial charge in [-0.05, 0) is 30.7 Å². The van der Waals surface area contributed by atoms with E-state index >= 15 is 0 Å². The first-order valence-corrected chi connectivity index (χ1v) is 10.6. The van der Waals surface area contributed by atoms with Crippen LogP contribution in [0, 0.1) is 18.3 Å². The summed E-state index contributed by atoms with van der Waals surface area (Å²) in [6.45, 7) is 2.20. The average molecular weight is 477 g/mol. The Morgan fingerprint density at radius 3 is 2.74 bits per heavy atom. The van der Waals surface area contributed by atoms with Gasteiger partial charge in [-0.3, -0.25) is 9.36 Å². The van der Waals surface area contributed by atoms with Crippen LogP contribution in [0.5, 0.6) is 5.75 Å². The minimum Gasteiger partial charge on any atom is -0.496 e. The Labute approximate surface area is 199 Å². The number of methoxy groups -OCH3 is 1. The number of ether oxygens (including phenoxy) is 1. The molecular formula is C23H21ClN8O2. The molecule has 2 heterocycles. The molecule has 0 saturated heterocycles. The van der Waals surface area contributed by atoms with Gasteiger partial charge >= 0.3 is 0 Å². The fourth-order valence-electron chi connectivity index (χ4n) is 3.64. The van der Waals surface area contributed by atoms with E-state index in [-0.39, 0.29) is 35.3 Å². The van der Waals surface area contributed by atoms with Crippen LogP contribution in [0.2, 0.25) is 5.02 Å². The number of anilines is 3. The summed E-state index contributed by atoms with van der Waals surface area (Å²) in [4.78, 5) is 26.1. The first-order chi connectivity index (χ1) is 16.3. The number of aromatic nitrogens is 4. The summed E-state index contributed by atoms with van der Waals surface area (Å²) in [6, 6.07) is 12.6. The molecule has 10 nitrogen and oxygen atoms in total. The molecule has 34 heavy (non-hydrogen) atoms. The van der Waals surface area contributed by atoms with E-state index in [0.29, 0.717) is 39.6 Å². The minimum absolute atomic E-state index is 0.0142. The smallest absolute Gasteiger partial charge is 0.267 e. The Balaban J connectivity index is 1.79. The molecule has 0 bridgehead atoms. The number of fused-ring (bicyclic) bond motifs is 1. The zero-order valence-corrected chi connectivity index (χ0v) is 19.2. The predicted molar refractivity (Wildman–Crippen MR) is 131 cm³/mol. The molecular weight excluding hydrogens is 456 g/mol. The standard InChI is InChI=1S/C23H21ClN8O2/c1-12-6-7-13(10-17(12)34-2)32-18(29-16-5-3-4-15(24)19(16)22(32)33)8-9-28-21-14(11-25)20(26)30-23(27)31-21/h3-7,10H,8-9H2,1-2H3,(H5,26,27,28,30,31). The molecule has 0 aliphatic rings. The topological polar surface area (TPSA) is 158 Å². The molecule has 0 saturated carbocycles. The number of benzene rings is 2. The largest absolute Gasteiger partial charge is 0.496 e. The van der Waals surface area contributed by atoms with Crippen LogP contribution in [-0.2, 0) is 6.42 Å². The van der Waals surface area contributed by atoms with Crippen molar-refractivity contribution < 1.29 is 4.74 Å². The number of nitrogen functional groups attached to an aromatic ring is 2. The van der Waals surface area contributed by atoms with Crippen molar-refractivity contribution in [3.63, 3.8) is 0 Å². The highest BCUT2D eigenvalue weighted by atomic mass is 35.5. The Morgan fingerprint density at radius 1 is 1.21 bits per heavy atom. The SMILES string of the molecule is COc1cc(-n2c(CCNc3nc(N)nc(N)c3C#N)nc3cccc(Cl)c3c2=O)ccc1C. The number of hydrogen-bond acceptors (Lipinski definition) is 9. The molecule has 0 aliphatic heterocycles. The van der Waals surface area contributed by atoms with Crippen molar-refractivity contribution in [1.82, 2.24) is 19.5 Å². The third kappa shape index (κ3) is 4.16. The lowest BCUT2D eigenvalue weighted by atomic mass is 10.1. The lowest BCUT2D eigenvalue weighted by molar-refractivity contribution is 0.411. The Hall–Kier alpha value is -4.36. The molecule has 0 aliphatic carbocycles. The summed E-state index contributed by atoms with van der Waals surface area (Å²) >= 11 is 6.35. The van der Waals surface area contributed by atoms with Crippen molar-refractivity contribution in [1.29, 1.82) is 5.26 Å². The van der Waals surface area contributed by atoms with Crippen molar-refractivity contribution in [2.75, 3.05) is 30.4 Å². The summed E-state index contributed by atoms with van der Waals surface area (Å²) in [5.41, 5.74) is 13.2. The van der Waals surface area contributed by atoms with E-state index in [9.17, 15) is 10.1 Å². The average Bonchev–Trinajstić information content (AvgIpc) is 2.79. The van der Waals surface area contributed by atoms with Crippen molar-refractivity contribution >= 4 is 40.1 Å².